The van der Waals surface area contributed by atoms with Gasteiger partial charge in [0, 0.05) is 19.8 Å². The molecule has 15 heavy (non-hydrogen) atoms. The van der Waals surface area contributed by atoms with E-state index in [1.165, 1.54) is 19.3 Å². The van der Waals surface area contributed by atoms with Gasteiger partial charge < -0.3 is 15.6 Å². The molecule has 0 aromatic rings. The van der Waals surface area contributed by atoms with Gasteiger partial charge in [-0.1, -0.05) is 26.2 Å². The molecule has 0 saturated carbocycles. The van der Waals surface area contributed by atoms with Gasteiger partial charge in [0.1, 0.15) is 0 Å². The first-order chi connectivity index (χ1) is 7.12. The standard InChI is InChI=1S/C12H27NO2/c1-3-4-5-6-9-15-10-7-8-12(2,14)11-13/h14H,3-11,13H2,1-2H3. The summed E-state index contributed by atoms with van der Waals surface area (Å²) in [6.45, 7) is 5.89. The van der Waals surface area contributed by atoms with Gasteiger partial charge in [-0.25, -0.2) is 0 Å². The second kappa shape index (κ2) is 9.13. The average Bonchev–Trinajstić information content (AvgIpc) is 2.22. The van der Waals surface area contributed by atoms with Crippen LogP contribution in [-0.2, 0) is 4.74 Å². The number of rotatable bonds is 10. The van der Waals surface area contributed by atoms with E-state index in [-0.39, 0.29) is 0 Å². The van der Waals surface area contributed by atoms with E-state index < -0.39 is 5.60 Å². The maximum atomic E-state index is 9.62. The van der Waals surface area contributed by atoms with Gasteiger partial charge in [0.15, 0.2) is 0 Å². The second-order valence-corrected chi connectivity index (χ2v) is 4.48. The molecule has 0 saturated heterocycles. The molecule has 1 atom stereocenters. The van der Waals surface area contributed by atoms with Crippen molar-refractivity contribution < 1.29 is 9.84 Å². The van der Waals surface area contributed by atoms with Crippen molar-refractivity contribution in [2.45, 2.75) is 58.0 Å². The van der Waals surface area contributed by atoms with Gasteiger partial charge >= 0.3 is 0 Å². The number of ether oxygens (including phenoxy) is 1. The van der Waals surface area contributed by atoms with Crippen LogP contribution in [0.4, 0.5) is 0 Å². The van der Waals surface area contributed by atoms with Crippen molar-refractivity contribution in [2.75, 3.05) is 19.8 Å². The van der Waals surface area contributed by atoms with E-state index in [1.54, 1.807) is 6.92 Å². The van der Waals surface area contributed by atoms with Crippen LogP contribution in [-0.4, -0.2) is 30.5 Å². The molecule has 0 aliphatic rings. The first-order valence-electron chi connectivity index (χ1n) is 6.12. The van der Waals surface area contributed by atoms with E-state index in [2.05, 4.69) is 6.92 Å². The van der Waals surface area contributed by atoms with Crippen molar-refractivity contribution in [3.8, 4) is 0 Å². The number of hydrogen-bond donors (Lipinski definition) is 2. The molecule has 0 rings (SSSR count). The average molecular weight is 217 g/mol. The molecule has 0 aliphatic carbocycles. The summed E-state index contributed by atoms with van der Waals surface area (Å²) >= 11 is 0. The lowest BCUT2D eigenvalue weighted by Gasteiger charge is -2.20. The van der Waals surface area contributed by atoms with Crippen LogP contribution in [0.3, 0.4) is 0 Å². The topological polar surface area (TPSA) is 55.5 Å². The van der Waals surface area contributed by atoms with Gasteiger partial charge in [0.05, 0.1) is 5.60 Å². The molecule has 0 heterocycles. The summed E-state index contributed by atoms with van der Waals surface area (Å²) < 4.78 is 5.47. The van der Waals surface area contributed by atoms with Crippen molar-refractivity contribution in [3.63, 3.8) is 0 Å². The summed E-state index contributed by atoms with van der Waals surface area (Å²) in [6, 6.07) is 0. The number of unbranched alkanes of at least 4 members (excludes halogenated alkanes) is 3. The zero-order valence-electron chi connectivity index (χ0n) is 10.3. The highest BCUT2D eigenvalue weighted by molar-refractivity contribution is 4.72. The summed E-state index contributed by atoms with van der Waals surface area (Å²) in [5.74, 6) is 0. The smallest absolute Gasteiger partial charge is 0.0742 e. The van der Waals surface area contributed by atoms with Crippen LogP contribution >= 0.6 is 0 Å². The normalized spacial score (nSPS) is 15.2. The van der Waals surface area contributed by atoms with Gasteiger partial charge in [0.25, 0.3) is 0 Å². The summed E-state index contributed by atoms with van der Waals surface area (Å²) in [5.41, 5.74) is 4.69. The van der Waals surface area contributed by atoms with Crippen LogP contribution in [0.25, 0.3) is 0 Å². The van der Waals surface area contributed by atoms with E-state index in [9.17, 15) is 5.11 Å². The Labute approximate surface area is 94.0 Å². The zero-order chi connectivity index (χ0) is 11.6. The Balaban J connectivity index is 3.11. The SMILES string of the molecule is CCCCCCOCCCC(C)(O)CN. The fourth-order valence-electron chi connectivity index (χ4n) is 1.39. The molecule has 0 bridgehead atoms. The molecular weight excluding hydrogens is 190 g/mol. The molecule has 3 nitrogen and oxygen atoms in total. The van der Waals surface area contributed by atoms with E-state index in [4.69, 9.17) is 10.5 Å². The number of nitrogens with two attached hydrogens (primary N) is 1. The predicted octanol–water partition coefficient (Wildman–Crippen LogP) is 2.07. The minimum atomic E-state index is -0.717. The fraction of sp³-hybridized carbons (Fsp3) is 1.00. The summed E-state index contributed by atoms with van der Waals surface area (Å²) in [6.07, 6.45) is 6.58. The largest absolute Gasteiger partial charge is 0.389 e. The van der Waals surface area contributed by atoms with E-state index in [1.807, 2.05) is 0 Å². The summed E-state index contributed by atoms with van der Waals surface area (Å²) in [7, 11) is 0. The Morgan fingerprint density at radius 3 is 2.40 bits per heavy atom. The summed E-state index contributed by atoms with van der Waals surface area (Å²) in [5, 5.41) is 9.62. The van der Waals surface area contributed by atoms with Gasteiger partial charge in [-0.3, -0.25) is 0 Å². The highest BCUT2D eigenvalue weighted by atomic mass is 16.5. The van der Waals surface area contributed by atoms with Gasteiger partial charge in [-0.05, 0) is 26.2 Å². The quantitative estimate of drug-likeness (QED) is 0.551. The molecule has 0 aromatic carbocycles. The van der Waals surface area contributed by atoms with Crippen molar-refractivity contribution in [1.82, 2.24) is 0 Å². The molecule has 92 valence electrons. The van der Waals surface area contributed by atoms with Crippen LogP contribution in [0.1, 0.15) is 52.4 Å². The minimum Gasteiger partial charge on any atom is -0.389 e. The van der Waals surface area contributed by atoms with Gasteiger partial charge in [0.2, 0.25) is 0 Å². The van der Waals surface area contributed by atoms with Crippen LogP contribution in [0.5, 0.6) is 0 Å². The maximum absolute atomic E-state index is 9.62. The van der Waals surface area contributed by atoms with E-state index in [0.717, 1.165) is 32.5 Å². The molecule has 3 heteroatoms. The highest BCUT2D eigenvalue weighted by Crippen LogP contribution is 2.09. The third kappa shape index (κ3) is 10.2. The second-order valence-electron chi connectivity index (χ2n) is 4.48. The maximum Gasteiger partial charge on any atom is 0.0742 e. The molecule has 0 spiro atoms. The van der Waals surface area contributed by atoms with Crippen molar-refractivity contribution in [1.29, 1.82) is 0 Å². The lowest BCUT2D eigenvalue weighted by Crippen LogP contribution is -2.34. The van der Waals surface area contributed by atoms with Crippen molar-refractivity contribution in [2.24, 2.45) is 5.73 Å². The Bertz CT molecular complexity index is 138. The fourth-order valence-corrected chi connectivity index (χ4v) is 1.39. The molecule has 0 radical (unpaired) electrons. The lowest BCUT2D eigenvalue weighted by molar-refractivity contribution is 0.0430. The van der Waals surface area contributed by atoms with Crippen LogP contribution < -0.4 is 5.73 Å². The van der Waals surface area contributed by atoms with Gasteiger partial charge in [-0.2, -0.15) is 0 Å². The number of aliphatic hydroxyl groups is 1. The molecule has 0 fully saturated rings. The third-order valence-corrected chi connectivity index (χ3v) is 2.59. The third-order valence-electron chi connectivity index (χ3n) is 2.59. The number of hydrogen-bond acceptors (Lipinski definition) is 3. The zero-order valence-corrected chi connectivity index (χ0v) is 10.3. The Kier molecular flexibility index (Phi) is 9.06. The Morgan fingerprint density at radius 2 is 1.80 bits per heavy atom. The van der Waals surface area contributed by atoms with Crippen LogP contribution in [0.15, 0.2) is 0 Å². The highest BCUT2D eigenvalue weighted by Gasteiger charge is 2.16. The van der Waals surface area contributed by atoms with Gasteiger partial charge in [-0.15, -0.1) is 0 Å². The molecule has 3 N–H and O–H groups in total. The van der Waals surface area contributed by atoms with Crippen LogP contribution in [0.2, 0.25) is 0 Å². The summed E-state index contributed by atoms with van der Waals surface area (Å²) in [4.78, 5) is 0. The predicted molar refractivity (Wildman–Crippen MR) is 63.9 cm³/mol. The first-order valence-corrected chi connectivity index (χ1v) is 6.12. The van der Waals surface area contributed by atoms with Crippen LogP contribution in [0, 0.1) is 0 Å². The monoisotopic (exact) mass is 217 g/mol. The molecule has 0 aromatic heterocycles. The molecular formula is C12H27NO2. The molecule has 0 amide bonds. The minimum absolute atomic E-state index is 0.323. The molecule has 1 unspecified atom stereocenters. The molecule has 0 aliphatic heterocycles. The van der Waals surface area contributed by atoms with E-state index in [0.29, 0.717) is 6.54 Å². The van der Waals surface area contributed by atoms with Crippen molar-refractivity contribution in [3.05, 3.63) is 0 Å². The Morgan fingerprint density at radius 1 is 1.13 bits per heavy atom. The Hall–Kier alpha value is -0.120. The lowest BCUT2D eigenvalue weighted by atomic mass is 10.0. The van der Waals surface area contributed by atoms with Crippen molar-refractivity contribution >= 4 is 0 Å². The van der Waals surface area contributed by atoms with E-state index >= 15 is 0 Å². The first kappa shape index (κ1) is 14.9.